The van der Waals surface area contributed by atoms with E-state index in [9.17, 15) is 8.78 Å². The average Bonchev–Trinajstić information content (AvgIpc) is 2.44. The maximum atomic E-state index is 14.1. The minimum absolute atomic E-state index is 0.287. The van der Waals surface area contributed by atoms with Crippen LogP contribution in [0.15, 0.2) is 40.9 Å². The van der Waals surface area contributed by atoms with E-state index in [1.54, 1.807) is 31.3 Å². The largest absolute Gasteiger partial charge is 0.496 e. The van der Waals surface area contributed by atoms with E-state index in [1.807, 2.05) is 0 Å². The van der Waals surface area contributed by atoms with Gasteiger partial charge in [-0.25, -0.2) is 8.78 Å². The van der Waals surface area contributed by atoms with Crippen molar-refractivity contribution in [2.45, 2.75) is 6.04 Å². The predicted molar refractivity (Wildman–Crippen MR) is 78.0 cm³/mol. The zero-order chi connectivity index (χ0) is 14.7. The third kappa shape index (κ3) is 2.83. The van der Waals surface area contributed by atoms with Crippen molar-refractivity contribution >= 4 is 15.9 Å². The molecule has 1 unspecified atom stereocenters. The summed E-state index contributed by atoms with van der Waals surface area (Å²) in [6.07, 6.45) is 0. The Bertz CT molecular complexity index is 619. The molecule has 106 valence electrons. The number of hydrogen-bond acceptors (Lipinski definition) is 2. The highest BCUT2D eigenvalue weighted by Gasteiger charge is 2.23. The summed E-state index contributed by atoms with van der Waals surface area (Å²) in [5.74, 6) is -0.468. The molecule has 2 rings (SSSR count). The second-order valence-electron chi connectivity index (χ2n) is 4.24. The third-order valence-corrected chi connectivity index (χ3v) is 3.57. The molecule has 0 aromatic heterocycles. The number of rotatable bonds is 4. The van der Waals surface area contributed by atoms with E-state index in [4.69, 9.17) is 4.74 Å². The quantitative estimate of drug-likeness (QED) is 0.905. The highest BCUT2D eigenvalue weighted by molar-refractivity contribution is 9.10. The highest BCUT2D eigenvalue weighted by Crippen LogP contribution is 2.34. The number of nitrogens with one attached hydrogen (secondary N) is 1. The van der Waals surface area contributed by atoms with Crippen LogP contribution in [0.2, 0.25) is 0 Å². The maximum absolute atomic E-state index is 14.1. The van der Waals surface area contributed by atoms with Crippen LogP contribution in [0.4, 0.5) is 8.78 Å². The first-order valence-electron chi connectivity index (χ1n) is 6.03. The molecule has 5 heteroatoms. The Hall–Kier alpha value is -1.46. The Kier molecular flexibility index (Phi) is 4.73. The molecule has 0 bridgehead atoms. The molecule has 0 aliphatic rings. The summed E-state index contributed by atoms with van der Waals surface area (Å²) >= 11 is 3.30. The lowest BCUT2D eigenvalue weighted by Gasteiger charge is -2.21. The van der Waals surface area contributed by atoms with E-state index in [1.165, 1.54) is 19.2 Å². The summed E-state index contributed by atoms with van der Waals surface area (Å²) in [7, 11) is 3.11. The van der Waals surface area contributed by atoms with Crippen molar-refractivity contribution < 1.29 is 13.5 Å². The van der Waals surface area contributed by atoms with Crippen molar-refractivity contribution in [2.24, 2.45) is 0 Å². The molecular weight excluding hydrogens is 328 g/mol. The van der Waals surface area contributed by atoms with Crippen molar-refractivity contribution in [1.82, 2.24) is 5.32 Å². The summed E-state index contributed by atoms with van der Waals surface area (Å²) < 4.78 is 34.1. The molecule has 1 atom stereocenters. The molecular formula is C15H14BrF2NO. The standard InChI is InChI=1S/C15H14BrF2NO/c1-19-15(10-8-9(16)6-7-11(10)17)14-12(18)4-3-5-13(14)20-2/h3-8,15,19H,1-2H3. The fraction of sp³-hybridized carbons (Fsp3) is 0.200. The van der Waals surface area contributed by atoms with Gasteiger partial charge in [0.25, 0.3) is 0 Å². The van der Waals surface area contributed by atoms with Gasteiger partial charge < -0.3 is 10.1 Å². The minimum Gasteiger partial charge on any atom is -0.496 e. The Morgan fingerprint density at radius 3 is 2.55 bits per heavy atom. The van der Waals surface area contributed by atoms with E-state index in [-0.39, 0.29) is 5.56 Å². The smallest absolute Gasteiger partial charge is 0.132 e. The van der Waals surface area contributed by atoms with Crippen LogP contribution >= 0.6 is 15.9 Å². The normalized spacial score (nSPS) is 12.2. The van der Waals surface area contributed by atoms with Gasteiger partial charge in [-0.05, 0) is 37.4 Å². The van der Waals surface area contributed by atoms with Crippen molar-refractivity contribution in [3.05, 3.63) is 63.6 Å². The Morgan fingerprint density at radius 1 is 1.15 bits per heavy atom. The molecule has 0 radical (unpaired) electrons. The first kappa shape index (κ1) is 14.9. The van der Waals surface area contributed by atoms with Gasteiger partial charge in [0.15, 0.2) is 0 Å². The first-order valence-corrected chi connectivity index (χ1v) is 6.82. The van der Waals surface area contributed by atoms with Crippen molar-refractivity contribution in [3.63, 3.8) is 0 Å². The van der Waals surface area contributed by atoms with Gasteiger partial charge in [-0.15, -0.1) is 0 Å². The first-order chi connectivity index (χ1) is 9.58. The van der Waals surface area contributed by atoms with Gasteiger partial charge in [-0.2, -0.15) is 0 Å². The van der Waals surface area contributed by atoms with Crippen LogP contribution < -0.4 is 10.1 Å². The van der Waals surface area contributed by atoms with E-state index in [2.05, 4.69) is 21.2 Å². The number of methoxy groups -OCH3 is 1. The van der Waals surface area contributed by atoms with Gasteiger partial charge in [-0.1, -0.05) is 22.0 Å². The van der Waals surface area contributed by atoms with Crippen LogP contribution in [0.5, 0.6) is 5.75 Å². The van der Waals surface area contributed by atoms with Gasteiger partial charge in [0.2, 0.25) is 0 Å². The molecule has 0 heterocycles. The van der Waals surface area contributed by atoms with Crippen LogP contribution in [0.3, 0.4) is 0 Å². The lowest BCUT2D eigenvalue weighted by Crippen LogP contribution is -2.21. The molecule has 0 aliphatic heterocycles. The summed E-state index contributed by atoms with van der Waals surface area (Å²) in [5, 5.41) is 2.94. The monoisotopic (exact) mass is 341 g/mol. The third-order valence-electron chi connectivity index (χ3n) is 3.08. The summed E-state index contributed by atoms with van der Waals surface area (Å²) in [4.78, 5) is 0. The van der Waals surface area contributed by atoms with Gasteiger partial charge >= 0.3 is 0 Å². The van der Waals surface area contributed by atoms with Crippen LogP contribution in [-0.2, 0) is 0 Å². The van der Waals surface area contributed by atoms with E-state index < -0.39 is 17.7 Å². The average molecular weight is 342 g/mol. The van der Waals surface area contributed by atoms with E-state index in [0.29, 0.717) is 11.3 Å². The van der Waals surface area contributed by atoms with Crippen LogP contribution in [-0.4, -0.2) is 14.2 Å². The SMILES string of the molecule is CNC(c1cc(Br)ccc1F)c1c(F)cccc1OC. The van der Waals surface area contributed by atoms with Crippen molar-refractivity contribution in [2.75, 3.05) is 14.2 Å². The van der Waals surface area contributed by atoms with Gasteiger partial charge in [0, 0.05) is 10.0 Å². The summed E-state index contributed by atoms with van der Waals surface area (Å²) in [6.45, 7) is 0. The highest BCUT2D eigenvalue weighted by atomic mass is 79.9. The molecule has 0 spiro atoms. The number of halogens is 3. The zero-order valence-corrected chi connectivity index (χ0v) is 12.7. The molecule has 0 saturated carbocycles. The topological polar surface area (TPSA) is 21.3 Å². The molecule has 2 aromatic carbocycles. The second-order valence-corrected chi connectivity index (χ2v) is 5.16. The minimum atomic E-state index is -0.636. The van der Waals surface area contributed by atoms with Crippen LogP contribution in [0, 0.1) is 11.6 Å². The summed E-state index contributed by atoms with van der Waals surface area (Å²) in [5.41, 5.74) is 0.639. The Morgan fingerprint density at radius 2 is 1.90 bits per heavy atom. The van der Waals surface area contributed by atoms with Gasteiger partial charge in [0.1, 0.15) is 17.4 Å². The van der Waals surface area contributed by atoms with E-state index in [0.717, 1.165) is 4.47 Å². The molecule has 1 N–H and O–H groups in total. The van der Waals surface area contributed by atoms with Gasteiger partial charge in [-0.3, -0.25) is 0 Å². The fourth-order valence-electron chi connectivity index (χ4n) is 2.17. The fourth-order valence-corrected chi connectivity index (χ4v) is 2.55. The maximum Gasteiger partial charge on any atom is 0.132 e. The lowest BCUT2D eigenvalue weighted by atomic mass is 9.97. The molecule has 0 amide bonds. The molecule has 20 heavy (non-hydrogen) atoms. The zero-order valence-electron chi connectivity index (χ0n) is 11.1. The molecule has 2 aromatic rings. The molecule has 0 saturated heterocycles. The van der Waals surface area contributed by atoms with Crippen molar-refractivity contribution in [1.29, 1.82) is 0 Å². The summed E-state index contributed by atoms with van der Waals surface area (Å²) in [6, 6.07) is 8.48. The van der Waals surface area contributed by atoms with Crippen LogP contribution in [0.1, 0.15) is 17.2 Å². The number of hydrogen-bond donors (Lipinski definition) is 1. The Labute approximate surface area is 124 Å². The predicted octanol–water partition coefficient (Wildman–Crippen LogP) is 4.04. The molecule has 0 fully saturated rings. The van der Waals surface area contributed by atoms with Crippen LogP contribution in [0.25, 0.3) is 0 Å². The second kappa shape index (κ2) is 6.33. The number of benzene rings is 2. The van der Waals surface area contributed by atoms with Gasteiger partial charge in [0.05, 0.1) is 18.7 Å². The lowest BCUT2D eigenvalue weighted by molar-refractivity contribution is 0.397. The van der Waals surface area contributed by atoms with E-state index >= 15 is 0 Å². The molecule has 2 nitrogen and oxygen atoms in total. The van der Waals surface area contributed by atoms with Crippen molar-refractivity contribution in [3.8, 4) is 5.75 Å². The number of ether oxygens (including phenoxy) is 1. The Balaban J connectivity index is 2.61. The molecule has 0 aliphatic carbocycles.